The molecule has 29 heavy (non-hydrogen) atoms. The summed E-state index contributed by atoms with van der Waals surface area (Å²) in [6.07, 6.45) is -3.47. The van der Waals surface area contributed by atoms with E-state index >= 15 is 0 Å². The smallest absolute Gasteiger partial charge is 0.340 e. The minimum atomic E-state index is -4.31. The van der Waals surface area contributed by atoms with Crippen LogP contribution in [0.1, 0.15) is 29.0 Å². The molecule has 1 saturated heterocycles. The monoisotopic (exact) mass is 422 g/mol. The fourth-order valence-electron chi connectivity index (χ4n) is 4.01. The van der Waals surface area contributed by atoms with E-state index in [1.165, 1.54) is 12.1 Å². The van der Waals surface area contributed by atoms with E-state index in [-0.39, 0.29) is 17.7 Å². The molecule has 3 nitrogen and oxygen atoms in total. The molecule has 0 bridgehead atoms. The van der Waals surface area contributed by atoms with Crippen LogP contribution in [0.25, 0.3) is 0 Å². The van der Waals surface area contributed by atoms with Gasteiger partial charge >= 0.3 is 6.18 Å². The molecule has 0 aromatic heterocycles. The topological polar surface area (TPSA) is 23.6 Å². The molecule has 0 spiro atoms. The van der Waals surface area contributed by atoms with Gasteiger partial charge in [0.2, 0.25) is 5.91 Å². The van der Waals surface area contributed by atoms with Crippen molar-refractivity contribution in [1.29, 1.82) is 0 Å². The molecular weight excluding hydrogens is 401 g/mol. The lowest BCUT2D eigenvalue weighted by Gasteiger charge is -2.35. The lowest BCUT2D eigenvalue weighted by Crippen LogP contribution is -2.48. The number of benzene rings is 2. The van der Waals surface area contributed by atoms with Crippen LogP contribution in [0, 0.1) is 5.92 Å². The lowest BCUT2D eigenvalue weighted by atomic mass is 10.1. The summed E-state index contributed by atoms with van der Waals surface area (Å²) >= 11 is 6.25. The normalized spacial score (nSPS) is 22.6. The van der Waals surface area contributed by atoms with Gasteiger partial charge in [0.25, 0.3) is 0 Å². The highest BCUT2D eigenvalue weighted by Gasteiger charge is 2.46. The summed E-state index contributed by atoms with van der Waals surface area (Å²) in [4.78, 5) is 16.9. The molecule has 7 heteroatoms. The van der Waals surface area contributed by atoms with E-state index in [4.69, 9.17) is 11.6 Å². The second-order valence-electron chi connectivity index (χ2n) is 7.77. The standard InChI is InChI=1S/C22H22ClF3N2O/c23-20-4-2-1-3-17(20)18-13-19(18)21(29)28-11-9-27(10-12-28)14-15-5-7-16(8-6-15)22(24,25)26/h1-8,18-19H,9-14H2. The van der Waals surface area contributed by atoms with Crippen molar-refractivity contribution in [3.05, 3.63) is 70.2 Å². The van der Waals surface area contributed by atoms with Gasteiger partial charge in [-0.05, 0) is 41.7 Å². The third-order valence-corrected chi connectivity index (χ3v) is 6.13. The lowest BCUT2D eigenvalue weighted by molar-refractivity contribution is -0.137. The molecular formula is C22H22ClF3N2O. The molecule has 2 atom stereocenters. The Hall–Kier alpha value is -2.05. The first-order valence-corrected chi connectivity index (χ1v) is 10.1. The van der Waals surface area contributed by atoms with Gasteiger partial charge in [0.05, 0.1) is 5.56 Å². The van der Waals surface area contributed by atoms with Crippen molar-refractivity contribution in [1.82, 2.24) is 9.80 Å². The zero-order chi connectivity index (χ0) is 20.6. The molecule has 1 aliphatic carbocycles. The van der Waals surface area contributed by atoms with Crippen LogP contribution in [0.5, 0.6) is 0 Å². The third kappa shape index (κ3) is 4.59. The van der Waals surface area contributed by atoms with Crippen molar-refractivity contribution in [3.8, 4) is 0 Å². The van der Waals surface area contributed by atoms with Gasteiger partial charge in [-0.2, -0.15) is 13.2 Å². The van der Waals surface area contributed by atoms with Crippen molar-refractivity contribution in [2.75, 3.05) is 26.2 Å². The van der Waals surface area contributed by atoms with E-state index in [0.29, 0.717) is 24.7 Å². The maximum Gasteiger partial charge on any atom is 0.416 e. The van der Waals surface area contributed by atoms with E-state index in [2.05, 4.69) is 4.90 Å². The summed E-state index contributed by atoms with van der Waals surface area (Å²) in [5.41, 5.74) is 1.27. The average Bonchev–Trinajstić information content (AvgIpc) is 3.49. The van der Waals surface area contributed by atoms with Crippen molar-refractivity contribution < 1.29 is 18.0 Å². The zero-order valence-electron chi connectivity index (χ0n) is 15.8. The number of nitrogens with zero attached hydrogens (tertiary/aromatic N) is 2. The van der Waals surface area contributed by atoms with Crippen LogP contribution in [-0.2, 0) is 17.5 Å². The van der Waals surface area contributed by atoms with Crippen LogP contribution >= 0.6 is 11.6 Å². The zero-order valence-corrected chi connectivity index (χ0v) is 16.6. The summed E-state index contributed by atoms with van der Waals surface area (Å²) in [5.74, 6) is 0.404. The minimum absolute atomic E-state index is 0.0105. The Morgan fingerprint density at radius 2 is 1.66 bits per heavy atom. The summed E-state index contributed by atoms with van der Waals surface area (Å²) in [6.45, 7) is 3.31. The van der Waals surface area contributed by atoms with Crippen molar-refractivity contribution in [2.24, 2.45) is 5.92 Å². The Kier molecular flexibility index (Phi) is 5.58. The first-order chi connectivity index (χ1) is 13.8. The number of halogens is 4. The van der Waals surface area contributed by atoms with Gasteiger partial charge in [-0.25, -0.2) is 0 Å². The molecule has 154 valence electrons. The highest BCUT2D eigenvalue weighted by molar-refractivity contribution is 6.31. The summed E-state index contributed by atoms with van der Waals surface area (Å²) in [5, 5.41) is 0.717. The van der Waals surface area contributed by atoms with Crippen LogP contribution in [0.2, 0.25) is 5.02 Å². The second kappa shape index (κ2) is 8.00. The highest BCUT2D eigenvalue weighted by atomic mass is 35.5. The van der Waals surface area contributed by atoms with Gasteiger partial charge in [0, 0.05) is 43.7 Å². The molecule has 1 saturated carbocycles. The third-order valence-electron chi connectivity index (χ3n) is 5.78. The molecule has 2 unspecified atom stereocenters. The fraction of sp³-hybridized carbons (Fsp3) is 0.409. The molecule has 0 radical (unpaired) electrons. The predicted octanol–water partition coefficient (Wildman–Crippen LogP) is 4.81. The molecule has 2 aromatic rings. The maximum atomic E-state index is 12.8. The van der Waals surface area contributed by atoms with E-state index in [9.17, 15) is 18.0 Å². The SMILES string of the molecule is O=C(C1CC1c1ccccc1Cl)N1CCN(Cc2ccc(C(F)(F)F)cc2)CC1. The van der Waals surface area contributed by atoms with Crippen molar-refractivity contribution in [3.63, 3.8) is 0 Å². The number of alkyl halides is 3. The van der Waals surface area contributed by atoms with Gasteiger partial charge < -0.3 is 4.90 Å². The van der Waals surface area contributed by atoms with Crippen molar-refractivity contribution >= 4 is 17.5 Å². The number of amides is 1. The van der Waals surface area contributed by atoms with E-state index in [0.717, 1.165) is 42.8 Å². The van der Waals surface area contributed by atoms with E-state index < -0.39 is 11.7 Å². The number of carbonyl (C=O) groups is 1. The summed E-state index contributed by atoms with van der Waals surface area (Å²) in [6, 6.07) is 13.0. The number of carbonyl (C=O) groups excluding carboxylic acids is 1. The number of hydrogen-bond donors (Lipinski definition) is 0. The summed E-state index contributed by atoms with van der Waals surface area (Å²) in [7, 11) is 0. The highest BCUT2D eigenvalue weighted by Crippen LogP contribution is 2.50. The minimum Gasteiger partial charge on any atom is -0.340 e. The quantitative estimate of drug-likeness (QED) is 0.706. The van der Waals surface area contributed by atoms with E-state index in [1.807, 2.05) is 29.2 Å². The van der Waals surface area contributed by atoms with Gasteiger partial charge in [0.15, 0.2) is 0 Å². The van der Waals surface area contributed by atoms with Crippen LogP contribution in [-0.4, -0.2) is 41.9 Å². The molecule has 0 N–H and O–H groups in total. The summed E-state index contributed by atoms with van der Waals surface area (Å²) < 4.78 is 38.0. The van der Waals surface area contributed by atoms with Gasteiger partial charge in [-0.1, -0.05) is 41.9 Å². The first-order valence-electron chi connectivity index (χ1n) is 9.74. The Balaban J connectivity index is 1.28. The average molecular weight is 423 g/mol. The fourth-order valence-corrected chi connectivity index (χ4v) is 4.28. The molecule has 1 heterocycles. The largest absolute Gasteiger partial charge is 0.416 e. The van der Waals surface area contributed by atoms with Gasteiger partial charge in [-0.3, -0.25) is 9.69 Å². The molecule has 2 aliphatic rings. The Labute approximate surface area is 173 Å². The van der Waals surface area contributed by atoms with Crippen LogP contribution in [0.15, 0.2) is 48.5 Å². The number of piperazine rings is 1. The van der Waals surface area contributed by atoms with Crippen LogP contribution in [0.3, 0.4) is 0 Å². The second-order valence-corrected chi connectivity index (χ2v) is 8.17. The Bertz CT molecular complexity index is 876. The molecule has 4 rings (SSSR count). The van der Waals surface area contributed by atoms with Crippen molar-refractivity contribution in [2.45, 2.75) is 25.1 Å². The van der Waals surface area contributed by atoms with Gasteiger partial charge in [-0.15, -0.1) is 0 Å². The van der Waals surface area contributed by atoms with Crippen LogP contribution < -0.4 is 0 Å². The molecule has 2 fully saturated rings. The molecule has 1 aliphatic heterocycles. The maximum absolute atomic E-state index is 12.8. The first kappa shape index (κ1) is 20.2. The Morgan fingerprint density at radius 1 is 1.00 bits per heavy atom. The van der Waals surface area contributed by atoms with Crippen LogP contribution in [0.4, 0.5) is 13.2 Å². The predicted molar refractivity (Wildman–Crippen MR) is 106 cm³/mol. The number of rotatable bonds is 4. The Morgan fingerprint density at radius 3 is 2.28 bits per heavy atom. The molecule has 1 amide bonds. The van der Waals surface area contributed by atoms with Gasteiger partial charge in [0.1, 0.15) is 0 Å². The number of hydrogen-bond acceptors (Lipinski definition) is 2. The molecule has 2 aromatic carbocycles. The van der Waals surface area contributed by atoms with E-state index in [1.54, 1.807) is 0 Å².